The van der Waals surface area contributed by atoms with E-state index in [4.69, 9.17) is 5.73 Å². The predicted molar refractivity (Wildman–Crippen MR) is 79.0 cm³/mol. The number of aryl methyl sites for hydroxylation is 1. The highest BCUT2D eigenvalue weighted by atomic mass is 15.2. The topological polar surface area (TPSA) is 29.3 Å². The van der Waals surface area contributed by atoms with Crippen molar-refractivity contribution < 1.29 is 0 Å². The Balaban J connectivity index is 2.07. The third-order valence-corrected chi connectivity index (χ3v) is 4.07. The fraction of sp³-hybridized carbons (Fsp3) is 0.625. The van der Waals surface area contributed by atoms with Gasteiger partial charge in [0, 0.05) is 18.3 Å². The summed E-state index contributed by atoms with van der Waals surface area (Å²) in [6.07, 6.45) is 4.89. The van der Waals surface area contributed by atoms with Crippen molar-refractivity contribution in [2.75, 3.05) is 18.0 Å². The second-order valence-corrected chi connectivity index (χ2v) is 5.70. The molecule has 18 heavy (non-hydrogen) atoms. The Labute approximate surface area is 111 Å². The lowest BCUT2D eigenvalue weighted by atomic mass is 9.94. The lowest BCUT2D eigenvalue weighted by Crippen LogP contribution is -2.40. The monoisotopic (exact) mass is 246 g/mol. The van der Waals surface area contributed by atoms with E-state index in [2.05, 4.69) is 43.0 Å². The molecule has 2 unspecified atom stereocenters. The predicted octanol–water partition coefficient (Wildman–Crippen LogP) is 3.20. The molecule has 2 heteroatoms. The summed E-state index contributed by atoms with van der Waals surface area (Å²) in [5.41, 5.74) is 8.57. The van der Waals surface area contributed by atoms with Crippen LogP contribution in [0, 0.1) is 5.92 Å². The van der Waals surface area contributed by atoms with Crippen LogP contribution in [0.5, 0.6) is 0 Å². The van der Waals surface area contributed by atoms with Crippen molar-refractivity contribution in [2.24, 2.45) is 11.7 Å². The molecule has 0 aliphatic carbocycles. The van der Waals surface area contributed by atoms with E-state index < -0.39 is 0 Å². The van der Waals surface area contributed by atoms with Crippen LogP contribution in [0.2, 0.25) is 0 Å². The number of benzene rings is 1. The molecule has 1 aromatic rings. The Bertz CT molecular complexity index is 375. The first-order valence-electron chi connectivity index (χ1n) is 7.27. The molecular formula is C16H26N2. The van der Waals surface area contributed by atoms with Crippen molar-refractivity contribution in [3.05, 3.63) is 29.8 Å². The van der Waals surface area contributed by atoms with E-state index in [9.17, 15) is 0 Å². The third-order valence-electron chi connectivity index (χ3n) is 4.07. The maximum absolute atomic E-state index is 5.60. The number of fused-ring (bicyclic) bond motifs is 1. The van der Waals surface area contributed by atoms with Gasteiger partial charge in [-0.1, -0.05) is 25.1 Å². The Morgan fingerprint density at radius 1 is 1.39 bits per heavy atom. The van der Waals surface area contributed by atoms with Crippen LogP contribution in [0.4, 0.5) is 5.69 Å². The Morgan fingerprint density at radius 3 is 2.94 bits per heavy atom. The summed E-state index contributed by atoms with van der Waals surface area (Å²) in [5.74, 6) is 0.724. The fourth-order valence-corrected chi connectivity index (χ4v) is 2.93. The number of nitrogens with zero attached hydrogens (tertiary/aromatic N) is 1. The van der Waals surface area contributed by atoms with Crippen molar-refractivity contribution in [3.8, 4) is 0 Å². The minimum absolute atomic E-state index is 0.667. The van der Waals surface area contributed by atoms with Crippen LogP contribution in [0.25, 0.3) is 0 Å². The second kappa shape index (κ2) is 6.24. The zero-order valence-corrected chi connectivity index (χ0v) is 11.7. The summed E-state index contributed by atoms with van der Waals surface area (Å²) >= 11 is 0. The molecule has 1 heterocycles. The van der Waals surface area contributed by atoms with Crippen LogP contribution in [0.1, 0.15) is 38.7 Å². The Kier molecular flexibility index (Phi) is 4.65. The molecule has 0 bridgehead atoms. The van der Waals surface area contributed by atoms with Gasteiger partial charge >= 0.3 is 0 Å². The lowest BCUT2D eigenvalue weighted by Gasteiger charge is -2.38. The van der Waals surface area contributed by atoms with Crippen LogP contribution in [0.15, 0.2) is 24.3 Å². The zero-order valence-electron chi connectivity index (χ0n) is 11.7. The summed E-state index contributed by atoms with van der Waals surface area (Å²) in [6.45, 7) is 6.68. The maximum Gasteiger partial charge on any atom is 0.0401 e. The van der Waals surface area contributed by atoms with Gasteiger partial charge in [-0.3, -0.25) is 0 Å². The standard InChI is InChI=1S/C16H26N2/c1-13(6-5-11-17)12-18-14(2)9-10-15-7-3-4-8-16(15)18/h3-4,7-8,13-14H,5-6,9-12,17H2,1-2H3. The number of anilines is 1. The molecule has 1 aromatic carbocycles. The first-order chi connectivity index (χ1) is 8.72. The minimum atomic E-state index is 0.667. The van der Waals surface area contributed by atoms with Gasteiger partial charge in [0.25, 0.3) is 0 Å². The van der Waals surface area contributed by atoms with Gasteiger partial charge in [-0.25, -0.2) is 0 Å². The number of hydrogen-bond acceptors (Lipinski definition) is 2. The van der Waals surface area contributed by atoms with Crippen molar-refractivity contribution >= 4 is 5.69 Å². The molecule has 0 spiro atoms. The molecule has 2 atom stereocenters. The van der Waals surface area contributed by atoms with E-state index in [0.29, 0.717) is 6.04 Å². The number of para-hydroxylation sites is 1. The molecule has 1 aliphatic heterocycles. The van der Waals surface area contributed by atoms with E-state index in [1.165, 1.54) is 30.5 Å². The van der Waals surface area contributed by atoms with Gasteiger partial charge < -0.3 is 10.6 Å². The Morgan fingerprint density at radius 2 is 2.17 bits per heavy atom. The van der Waals surface area contributed by atoms with Gasteiger partial charge in [-0.15, -0.1) is 0 Å². The van der Waals surface area contributed by atoms with Crippen LogP contribution >= 0.6 is 0 Å². The molecule has 0 radical (unpaired) electrons. The molecule has 0 fully saturated rings. The molecule has 0 saturated heterocycles. The zero-order chi connectivity index (χ0) is 13.0. The summed E-state index contributed by atoms with van der Waals surface area (Å²) in [5, 5.41) is 0. The van der Waals surface area contributed by atoms with Crippen LogP contribution < -0.4 is 10.6 Å². The highest BCUT2D eigenvalue weighted by Gasteiger charge is 2.23. The molecule has 1 aliphatic rings. The van der Waals surface area contributed by atoms with Gasteiger partial charge in [0.05, 0.1) is 0 Å². The van der Waals surface area contributed by atoms with Gasteiger partial charge in [0.15, 0.2) is 0 Å². The molecule has 2 N–H and O–H groups in total. The van der Waals surface area contributed by atoms with E-state index in [0.717, 1.165) is 25.4 Å². The smallest absolute Gasteiger partial charge is 0.0401 e. The largest absolute Gasteiger partial charge is 0.368 e. The number of hydrogen-bond donors (Lipinski definition) is 1. The van der Waals surface area contributed by atoms with E-state index in [1.54, 1.807) is 0 Å². The summed E-state index contributed by atoms with van der Waals surface area (Å²) < 4.78 is 0. The van der Waals surface area contributed by atoms with Crippen molar-refractivity contribution in [1.82, 2.24) is 0 Å². The second-order valence-electron chi connectivity index (χ2n) is 5.70. The van der Waals surface area contributed by atoms with Crippen LogP contribution in [-0.4, -0.2) is 19.1 Å². The number of nitrogens with two attached hydrogens (primary N) is 1. The molecule has 0 amide bonds. The molecule has 2 rings (SSSR count). The molecule has 100 valence electrons. The normalized spacial score (nSPS) is 20.6. The first-order valence-corrected chi connectivity index (χ1v) is 7.27. The summed E-state index contributed by atoms with van der Waals surface area (Å²) in [7, 11) is 0. The highest BCUT2D eigenvalue weighted by molar-refractivity contribution is 5.56. The van der Waals surface area contributed by atoms with Crippen LogP contribution in [0.3, 0.4) is 0 Å². The fourth-order valence-electron chi connectivity index (χ4n) is 2.93. The van der Waals surface area contributed by atoms with Crippen molar-refractivity contribution in [2.45, 2.75) is 45.6 Å². The van der Waals surface area contributed by atoms with Crippen molar-refractivity contribution in [3.63, 3.8) is 0 Å². The molecule has 0 saturated carbocycles. The summed E-state index contributed by atoms with van der Waals surface area (Å²) in [6, 6.07) is 9.54. The SMILES string of the molecule is CC(CCCN)CN1c2ccccc2CCC1C. The first kappa shape index (κ1) is 13.4. The van der Waals surface area contributed by atoms with E-state index in [-0.39, 0.29) is 0 Å². The molecular weight excluding hydrogens is 220 g/mol. The minimum Gasteiger partial charge on any atom is -0.368 e. The van der Waals surface area contributed by atoms with Crippen molar-refractivity contribution in [1.29, 1.82) is 0 Å². The van der Waals surface area contributed by atoms with Crippen LogP contribution in [-0.2, 0) is 6.42 Å². The quantitative estimate of drug-likeness (QED) is 0.864. The van der Waals surface area contributed by atoms with Gasteiger partial charge in [0.2, 0.25) is 0 Å². The third kappa shape index (κ3) is 3.05. The lowest BCUT2D eigenvalue weighted by molar-refractivity contribution is 0.460. The summed E-state index contributed by atoms with van der Waals surface area (Å²) in [4.78, 5) is 2.60. The van der Waals surface area contributed by atoms with E-state index >= 15 is 0 Å². The average molecular weight is 246 g/mol. The van der Waals surface area contributed by atoms with Gasteiger partial charge in [-0.05, 0) is 56.7 Å². The number of rotatable bonds is 5. The maximum atomic E-state index is 5.60. The molecule has 0 aromatic heterocycles. The van der Waals surface area contributed by atoms with Gasteiger partial charge in [0.1, 0.15) is 0 Å². The molecule has 2 nitrogen and oxygen atoms in total. The highest BCUT2D eigenvalue weighted by Crippen LogP contribution is 2.31. The van der Waals surface area contributed by atoms with E-state index in [1.807, 2.05) is 0 Å². The van der Waals surface area contributed by atoms with Gasteiger partial charge in [-0.2, -0.15) is 0 Å². The Hall–Kier alpha value is -1.02. The average Bonchev–Trinajstić information content (AvgIpc) is 2.40.